The minimum absolute atomic E-state index is 0.0900. The molecule has 1 amide bonds. The normalized spacial score (nSPS) is 14.9. The van der Waals surface area contributed by atoms with E-state index in [9.17, 15) is 9.59 Å². The lowest BCUT2D eigenvalue weighted by Crippen LogP contribution is -2.36. The number of carboxylic acid groups (broad SMARTS) is 1. The van der Waals surface area contributed by atoms with Crippen molar-refractivity contribution in [1.29, 1.82) is 0 Å². The fourth-order valence-electron chi connectivity index (χ4n) is 3.41. The third kappa shape index (κ3) is 4.27. The van der Waals surface area contributed by atoms with Gasteiger partial charge in [-0.25, -0.2) is 4.79 Å². The second-order valence-electron chi connectivity index (χ2n) is 6.60. The number of carboxylic acids is 1. The van der Waals surface area contributed by atoms with Crippen LogP contribution in [0.4, 0.5) is 5.69 Å². The van der Waals surface area contributed by atoms with Gasteiger partial charge in [-0.05, 0) is 42.7 Å². The summed E-state index contributed by atoms with van der Waals surface area (Å²) in [5, 5.41) is 9.03. The molecule has 2 aromatic rings. The van der Waals surface area contributed by atoms with Gasteiger partial charge in [0.1, 0.15) is 0 Å². The maximum absolute atomic E-state index is 13.1. The molecule has 130 valence electrons. The van der Waals surface area contributed by atoms with Gasteiger partial charge < -0.3 is 10.0 Å². The standard InChI is InChI=1S/C21H23NO3/c23-20(17-7-3-1-4-8-17)22(19-9-5-2-6-10-19)15-16-11-13-18(14-12-16)21(24)25/h2,5-6,9-14,17H,1,3-4,7-8,15H2,(H,24,25). The number of carbonyl (C=O) groups excluding carboxylic acids is 1. The number of hydrogen-bond acceptors (Lipinski definition) is 2. The molecule has 2 aromatic carbocycles. The molecular weight excluding hydrogens is 314 g/mol. The second kappa shape index (κ2) is 7.97. The van der Waals surface area contributed by atoms with Crippen LogP contribution in [-0.4, -0.2) is 17.0 Å². The number of benzene rings is 2. The van der Waals surface area contributed by atoms with Gasteiger partial charge in [-0.15, -0.1) is 0 Å². The Morgan fingerprint density at radius 2 is 1.56 bits per heavy atom. The molecule has 0 heterocycles. The molecule has 4 heteroatoms. The second-order valence-corrected chi connectivity index (χ2v) is 6.60. The van der Waals surface area contributed by atoms with Crippen LogP contribution in [0.25, 0.3) is 0 Å². The summed E-state index contributed by atoms with van der Waals surface area (Å²) in [6.45, 7) is 0.458. The van der Waals surface area contributed by atoms with Crippen LogP contribution in [0.1, 0.15) is 48.0 Å². The molecule has 0 radical (unpaired) electrons. The summed E-state index contributed by atoms with van der Waals surface area (Å²) in [5.74, 6) is -0.676. The average Bonchev–Trinajstić information content (AvgIpc) is 2.67. The number of hydrogen-bond donors (Lipinski definition) is 1. The molecule has 0 aliphatic heterocycles. The van der Waals surface area contributed by atoms with Gasteiger partial charge in [0, 0.05) is 11.6 Å². The molecule has 1 aliphatic carbocycles. The Balaban J connectivity index is 1.83. The van der Waals surface area contributed by atoms with Crippen molar-refractivity contribution in [2.45, 2.75) is 38.6 Å². The minimum atomic E-state index is -0.940. The van der Waals surface area contributed by atoms with Crippen LogP contribution < -0.4 is 4.90 Å². The first-order valence-electron chi connectivity index (χ1n) is 8.84. The molecule has 0 unspecified atom stereocenters. The fraction of sp³-hybridized carbons (Fsp3) is 0.333. The summed E-state index contributed by atoms with van der Waals surface area (Å²) in [6, 6.07) is 16.5. The van der Waals surface area contributed by atoms with E-state index < -0.39 is 5.97 Å². The van der Waals surface area contributed by atoms with E-state index in [1.54, 1.807) is 24.3 Å². The van der Waals surface area contributed by atoms with Gasteiger partial charge in [-0.1, -0.05) is 49.6 Å². The number of nitrogens with zero attached hydrogens (tertiary/aromatic N) is 1. The summed E-state index contributed by atoms with van der Waals surface area (Å²) in [7, 11) is 0. The number of para-hydroxylation sites is 1. The zero-order valence-corrected chi connectivity index (χ0v) is 14.2. The molecule has 1 N–H and O–H groups in total. The van der Waals surface area contributed by atoms with Gasteiger partial charge >= 0.3 is 5.97 Å². The topological polar surface area (TPSA) is 57.6 Å². The Labute approximate surface area is 148 Å². The van der Waals surface area contributed by atoms with Crippen molar-refractivity contribution >= 4 is 17.6 Å². The fourth-order valence-corrected chi connectivity index (χ4v) is 3.41. The summed E-state index contributed by atoms with van der Waals surface area (Å²) in [6.07, 6.45) is 5.37. The predicted octanol–water partition coefficient (Wildman–Crippen LogP) is 4.50. The Hall–Kier alpha value is -2.62. The molecule has 4 nitrogen and oxygen atoms in total. The van der Waals surface area contributed by atoms with Crippen molar-refractivity contribution in [2.75, 3.05) is 4.90 Å². The molecule has 0 aromatic heterocycles. The average molecular weight is 337 g/mol. The molecule has 1 saturated carbocycles. The van der Waals surface area contributed by atoms with Crippen LogP contribution in [0.5, 0.6) is 0 Å². The maximum atomic E-state index is 13.1. The highest BCUT2D eigenvalue weighted by atomic mass is 16.4. The van der Waals surface area contributed by atoms with E-state index in [4.69, 9.17) is 5.11 Å². The molecule has 0 spiro atoms. The van der Waals surface area contributed by atoms with Crippen LogP contribution in [-0.2, 0) is 11.3 Å². The van der Waals surface area contributed by atoms with Crippen molar-refractivity contribution in [1.82, 2.24) is 0 Å². The zero-order chi connectivity index (χ0) is 17.6. The van der Waals surface area contributed by atoms with E-state index in [1.807, 2.05) is 35.2 Å². The van der Waals surface area contributed by atoms with Crippen LogP contribution in [0.15, 0.2) is 54.6 Å². The van der Waals surface area contributed by atoms with Crippen molar-refractivity contribution in [3.8, 4) is 0 Å². The van der Waals surface area contributed by atoms with Gasteiger partial charge in [0.2, 0.25) is 5.91 Å². The van der Waals surface area contributed by atoms with E-state index in [0.717, 1.165) is 36.9 Å². The van der Waals surface area contributed by atoms with Crippen LogP contribution in [0, 0.1) is 5.92 Å². The van der Waals surface area contributed by atoms with Crippen LogP contribution in [0.2, 0.25) is 0 Å². The maximum Gasteiger partial charge on any atom is 0.335 e. The molecule has 0 bridgehead atoms. The number of rotatable bonds is 5. The minimum Gasteiger partial charge on any atom is -0.478 e. The first-order chi connectivity index (χ1) is 12.1. The van der Waals surface area contributed by atoms with Crippen LogP contribution in [0.3, 0.4) is 0 Å². The zero-order valence-electron chi connectivity index (χ0n) is 14.2. The lowest BCUT2D eigenvalue weighted by Gasteiger charge is -2.29. The van der Waals surface area contributed by atoms with Crippen molar-refractivity contribution in [3.05, 3.63) is 65.7 Å². The lowest BCUT2D eigenvalue weighted by molar-refractivity contribution is -0.123. The van der Waals surface area contributed by atoms with Crippen molar-refractivity contribution in [3.63, 3.8) is 0 Å². The van der Waals surface area contributed by atoms with E-state index in [0.29, 0.717) is 6.54 Å². The Bertz CT molecular complexity index is 719. The van der Waals surface area contributed by atoms with E-state index in [-0.39, 0.29) is 17.4 Å². The lowest BCUT2D eigenvalue weighted by atomic mass is 9.88. The Morgan fingerprint density at radius 3 is 2.16 bits per heavy atom. The first kappa shape index (κ1) is 17.2. The largest absolute Gasteiger partial charge is 0.478 e. The number of carbonyl (C=O) groups is 2. The van der Waals surface area contributed by atoms with E-state index >= 15 is 0 Å². The number of aromatic carboxylic acids is 1. The van der Waals surface area contributed by atoms with Gasteiger partial charge in [0.05, 0.1) is 12.1 Å². The third-order valence-corrected chi connectivity index (χ3v) is 4.83. The van der Waals surface area contributed by atoms with Crippen molar-refractivity contribution in [2.24, 2.45) is 5.92 Å². The van der Waals surface area contributed by atoms with Gasteiger partial charge in [0.15, 0.2) is 0 Å². The summed E-state index contributed by atoms with van der Waals surface area (Å²) < 4.78 is 0. The molecule has 1 aliphatic rings. The molecule has 25 heavy (non-hydrogen) atoms. The summed E-state index contributed by atoms with van der Waals surface area (Å²) >= 11 is 0. The van der Waals surface area contributed by atoms with Gasteiger partial charge in [0.25, 0.3) is 0 Å². The molecule has 0 atom stereocenters. The molecular formula is C21H23NO3. The molecule has 0 saturated heterocycles. The monoisotopic (exact) mass is 337 g/mol. The molecule has 3 rings (SSSR count). The number of anilines is 1. The Kier molecular flexibility index (Phi) is 5.49. The highest BCUT2D eigenvalue weighted by Gasteiger charge is 2.27. The predicted molar refractivity (Wildman–Crippen MR) is 97.6 cm³/mol. The van der Waals surface area contributed by atoms with E-state index in [2.05, 4.69) is 0 Å². The quantitative estimate of drug-likeness (QED) is 0.874. The third-order valence-electron chi connectivity index (χ3n) is 4.83. The Morgan fingerprint density at radius 1 is 0.920 bits per heavy atom. The van der Waals surface area contributed by atoms with Crippen molar-refractivity contribution < 1.29 is 14.7 Å². The summed E-state index contributed by atoms with van der Waals surface area (Å²) in [5.41, 5.74) is 2.08. The van der Waals surface area contributed by atoms with E-state index in [1.165, 1.54) is 6.42 Å². The SMILES string of the molecule is O=C(O)c1ccc(CN(C(=O)C2CCCCC2)c2ccccc2)cc1. The molecule has 1 fully saturated rings. The summed E-state index contributed by atoms with van der Waals surface area (Å²) in [4.78, 5) is 26.0. The smallest absolute Gasteiger partial charge is 0.335 e. The van der Waals surface area contributed by atoms with Crippen LogP contribution >= 0.6 is 0 Å². The van der Waals surface area contributed by atoms with Gasteiger partial charge in [-0.2, -0.15) is 0 Å². The number of amides is 1. The first-order valence-corrected chi connectivity index (χ1v) is 8.84. The highest BCUT2D eigenvalue weighted by molar-refractivity contribution is 5.95. The highest BCUT2D eigenvalue weighted by Crippen LogP contribution is 2.28. The van der Waals surface area contributed by atoms with Gasteiger partial charge in [-0.3, -0.25) is 4.79 Å².